The molecule has 0 unspecified atom stereocenters. The van der Waals surface area contributed by atoms with Crippen LogP contribution in [-0.2, 0) is 12.5 Å². The fourth-order valence-corrected chi connectivity index (χ4v) is 3.39. The van der Waals surface area contributed by atoms with Gasteiger partial charge >= 0.3 is 0 Å². The van der Waals surface area contributed by atoms with Crippen LogP contribution in [0.5, 0.6) is 0 Å². The molecule has 0 fully saturated rings. The van der Waals surface area contributed by atoms with E-state index in [2.05, 4.69) is 36.3 Å². The van der Waals surface area contributed by atoms with Crippen molar-refractivity contribution in [3.8, 4) is 0 Å². The number of halogens is 1. The Bertz CT molecular complexity index is 580. The Balaban J connectivity index is 2.03. The molecule has 0 amide bonds. The minimum atomic E-state index is 0.0292. The molecular weight excluding hydrogens is 290 g/mol. The van der Waals surface area contributed by atoms with Crippen LogP contribution >= 0.6 is 23.5 Å². The molecule has 5 heteroatoms. The molecule has 2 rings (SSSR count). The van der Waals surface area contributed by atoms with Crippen LogP contribution in [0, 0.1) is 0 Å². The van der Waals surface area contributed by atoms with Crippen LogP contribution in [0.4, 0.5) is 0 Å². The summed E-state index contributed by atoms with van der Waals surface area (Å²) >= 11 is 7.75. The highest BCUT2D eigenvalue weighted by Crippen LogP contribution is 2.29. The van der Waals surface area contributed by atoms with Gasteiger partial charge in [-0.1, -0.05) is 37.6 Å². The Morgan fingerprint density at radius 3 is 2.75 bits per heavy atom. The maximum Gasteiger partial charge on any atom is 0.129 e. The van der Waals surface area contributed by atoms with Gasteiger partial charge in [0.05, 0.1) is 6.33 Å². The quantitative estimate of drug-likeness (QED) is 0.779. The maximum atomic E-state index is 6.09. The maximum absolute atomic E-state index is 6.09. The number of imidazole rings is 1. The minimum Gasteiger partial charge on any atom is -0.339 e. The molecule has 0 bridgehead atoms. The molecule has 0 N–H and O–H groups in total. The van der Waals surface area contributed by atoms with Crippen molar-refractivity contribution >= 4 is 23.5 Å². The molecule has 0 saturated carbocycles. The van der Waals surface area contributed by atoms with Crippen LogP contribution in [0.2, 0.25) is 5.02 Å². The van der Waals surface area contributed by atoms with Gasteiger partial charge < -0.3 is 4.57 Å². The summed E-state index contributed by atoms with van der Waals surface area (Å²) in [4.78, 5) is 4.34. The van der Waals surface area contributed by atoms with Crippen molar-refractivity contribution in [2.45, 2.75) is 24.3 Å². The highest BCUT2D eigenvalue weighted by Gasteiger charge is 2.23. The normalized spacial score (nSPS) is 12.1. The van der Waals surface area contributed by atoms with Gasteiger partial charge in [-0.3, -0.25) is 0 Å². The Kier molecular flexibility index (Phi) is 4.78. The third kappa shape index (κ3) is 4.01. The van der Waals surface area contributed by atoms with Crippen LogP contribution in [0.1, 0.15) is 19.4 Å². The first-order valence-corrected chi connectivity index (χ1v) is 7.65. The fourth-order valence-electron chi connectivity index (χ4n) is 2.19. The molecule has 0 aliphatic heterocycles. The van der Waals surface area contributed by atoms with E-state index in [4.69, 9.17) is 11.6 Å². The number of nitrogens with zero attached hydrogens (tertiary/aromatic N) is 3. The van der Waals surface area contributed by atoms with Crippen LogP contribution in [0.15, 0.2) is 41.8 Å². The lowest BCUT2D eigenvalue weighted by atomic mass is 9.85. The highest BCUT2D eigenvalue weighted by atomic mass is 35.5. The molecule has 1 aromatic heterocycles. The number of hydrogen-bond acceptors (Lipinski definition) is 3. The topological polar surface area (TPSA) is 21.1 Å². The van der Waals surface area contributed by atoms with Crippen molar-refractivity contribution in [1.29, 1.82) is 0 Å². The molecule has 0 radical (unpaired) electrons. The first kappa shape index (κ1) is 15.4. The Morgan fingerprint density at radius 1 is 1.40 bits per heavy atom. The Hall–Kier alpha value is -0.970. The predicted octanol–water partition coefficient (Wildman–Crippen LogP) is 3.99. The van der Waals surface area contributed by atoms with E-state index in [1.165, 1.54) is 5.56 Å². The summed E-state index contributed by atoms with van der Waals surface area (Å²) in [7, 11) is 4.07. The zero-order valence-electron chi connectivity index (χ0n) is 12.3. The monoisotopic (exact) mass is 309 g/mol. The Labute approximate surface area is 130 Å². The van der Waals surface area contributed by atoms with E-state index in [1.807, 2.05) is 42.3 Å². The van der Waals surface area contributed by atoms with E-state index >= 15 is 0 Å². The molecule has 0 aliphatic rings. The zero-order chi connectivity index (χ0) is 14.8. The molecule has 108 valence electrons. The van der Waals surface area contributed by atoms with Gasteiger partial charge in [-0.25, -0.2) is 9.29 Å². The second kappa shape index (κ2) is 6.20. The van der Waals surface area contributed by atoms with Gasteiger partial charge in [0.15, 0.2) is 0 Å². The van der Waals surface area contributed by atoms with Gasteiger partial charge in [-0.05, 0) is 36.7 Å². The van der Waals surface area contributed by atoms with E-state index in [9.17, 15) is 0 Å². The summed E-state index contributed by atoms with van der Waals surface area (Å²) in [6.45, 7) is 5.37. The first-order chi connectivity index (χ1) is 9.37. The summed E-state index contributed by atoms with van der Waals surface area (Å²) in [6, 6.07) is 8.09. The van der Waals surface area contributed by atoms with Crippen molar-refractivity contribution in [2.24, 2.45) is 7.05 Å². The number of benzene rings is 1. The molecule has 0 atom stereocenters. The van der Waals surface area contributed by atoms with Crippen molar-refractivity contribution in [3.05, 3.63) is 47.4 Å². The number of likely N-dealkylation sites (N-methyl/N-ethyl adjacent to an activating group) is 1. The van der Waals surface area contributed by atoms with E-state index in [-0.39, 0.29) is 5.41 Å². The standard InChI is InChI=1S/C15H20ClN3S/c1-15(2,12-6-5-7-13(16)8-12)10-19(4)20-14-9-18(3)11-17-14/h5-9,11H,10H2,1-4H3. The fraction of sp³-hybridized carbons (Fsp3) is 0.400. The van der Waals surface area contributed by atoms with E-state index in [1.54, 1.807) is 11.9 Å². The van der Waals surface area contributed by atoms with E-state index in [0.717, 1.165) is 16.6 Å². The van der Waals surface area contributed by atoms with Crippen LogP contribution < -0.4 is 0 Å². The summed E-state index contributed by atoms with van der Waals surface area (Å²) < 4.78 is 4.17. The lowest BCUT2D eigenvalue weighted by molar-refractivity contribution is 0.402. The molecule has 1 heterocycles. The van der Waals surface area contributed by atoms with Crippen molar-refractivity contribution in [2.75, 3.05) is 13.6 Å². The second-order valence-electron chi connectivity index (χ2n) is 5.65. The third-order valence-electron chi connectivity index (χ3n) is 3.15. The molecule has 2 aromatic rings. The van der Waals surface area contributed by atoms with E-state index in [0.29, 0.717) is 0 Å². The van der Waals surface area contributed by atoms with E-state index < -0.39 is 0 Å². The average molecular weight is 310 g/mol. The number of aryl methyl sites for hydroxylation is 1. The molecule has 1 aromatic carbocycles. The summed E-state index contributed by atoms with van der Waals surface area (Å²) in [6.07, 6.45) is 3.84. The lowest BCUT2D eigenvalue weighted by Gasteiger charge is -2.30. The number of rotatable bonds is 5. The minimum absolute atomic E-state index is 0.0292. The van der Waals surface area contributed by atoms with Gasteiger partial charge in [0, 0.05) is 30.2 Å². The van der Waals surface area contributed by atoms with Gasteiger partial charge in [0.25, 0.3) is 0 Å². The predicted molar refractivity (Wildman–Crippen MR) is 86.2 cm³/mol. The average Bonchev–Trinajstić information content (AvgIpc) is 2.73. The lowest BCUT2D eigenvalue weighted by Crippen LogP contribution is -2.31. The van der Waals surface area contributed by atoms with Gasteiger partial charge in [-0.2, -0.15) is 0 Å². The van der Waals surface area contributed by atoms with Crippen LogP contribution in [-0.4, -0.2) is 27.4 Å². The van der Waals surface area contributed by atoms with Crippen molar-refractivity contribution < 1.29 is 0 Å². The van der Waals surface area contributed by atoms with Crippen molar-refractivity contribution in [3.63, 3.8) is 0 Å². The molecule has 0 spiro atoms. The summed E-state index contributed by atoms with van der Waals surface area (Å²) in [5, 5.41) is 1.80. The largest absolute Gasteiger partial charge is 0.339 e. The molecule has 3 nitrogen and oxygen atoms in total. The SMILES string of the molecule is CN(CC(C)(C)c1cccc(Cl)c1)Sc1cn(C)cn1. The van der Waals surface area contributed by atoms with Crippen molar-refractivity contribution in [1.82, 2.24) is 13.9 Å². The summed E-state index contributed by atoms with van der Waals surface area (Å²) in [5.41, 5.74) is 1.28. The molecular formula is C15H20ClN3S. The van der Waals surface area contributed by atoms with Gasteiger partial charge in [0.1, 0.15) is 5.03 Å². The second-order valence-corrected chi connectivity index (χ2v) is 7.31. The smallest absolute Gasteiger partial charge is 0.129 e. The number of aromatic nitrogens is 2. The Morgan fingerprint density at radius 2 is 2.15 bits per heavy atom. The zero-order valence-corrected chi connectivity index (χ0v) is 13.9. The number of hydrogen-bond donors (Lipinski definition) is 0. The molecule has 0 saturated heterocycles. The van der Waals surface area contributed by atoms with Gasteiger partial charge in [0.2, 0.25) is 0 Å². The summed E-state index contributed by atoms with van der Waals surface area (Å²) in [5.74, 6) is 0. The van der Waals surface area contributed by atoms with Crippen LogP contribution in [0.3, 0.4) is 0 Å². The molecule has 20 heavy (non-hydrogen) atoms. The first-order valence-electron chi connectivity index (χ1n) is 6.50. The third-order valence-corrected chi connectivity index (χ3v) is 4.23. The van der Waals surface area contributed by atoms with Gasteiger partial charge in [-0.15, -0.1) is 0 Å². The van der Waals surface area contributed by atoms with Crippen LogP contribution in [0.25, 0.3) is 0 Å². The highest BCUT2D eigenvalue weighted by molar-refractivity contribution is 7.96. The molecule has 0 aliphatic carbocycles.